The Hall–Kier alpha value is -1.15. The highest BCUT2D eigenvalue weighted by Crippen LogP contribution is 2.29. The third-order valence-corrected chi connectivity index (χ3v) is 4.94. The molecule has 0 aliphatic carbocycles. The first-order valence-corrected chi connectivity index (χ1v) is 8.12. The molecule has 116 valence electrons. The molecule has 1 saturated heterocycles. The van der Waals surface area contributed by atoms with E-state index in [0.717, 1.165) is 24.2 Å². The van der Waals surface area contributed by atoms with E-state index in [4.69, 9.17) is 0 Å². The molecule has 1 aromatic rings. The number of aryl methyl sites for hydroxylation is 3. The topological polar surface area (TPSA) is 20.3 Å². The second kappa shape index (κ2) is 6.31. The lowest BCUT2D eigenvalue weighted by Crippen LogP contribution is -2.31. The van der Waals surface area contributed by atoms with Gasteiger partial charge in [0.05, 0.1) is 6.54 Å². The van der Waals surface area contributed by atoms with Gasteiger partial charge in [0.25, 0.3) is 0 Å². The van der Waals surface area contributed by atoms with Crippen molar-refractivity contribution in [3.63, 3.8) is 0 Å². The molecule has 0 atom stereocenters. The van der Waals surface area contributed by atoms with Crippen LogP contribution in [0.15, 0.2) is 12.1 Å². The monoisotopic (exact) mass is 287 g/mol. The van der Waals surface area contributed by atoms with Crippen LogP contribution in [0.5, 0.6) is 0 Å². The number of hydrogen-bond acceptors (Lipinski definition) is 2. The zero-order valence-corrected chi connectivity index (χ0v) is 14.3. The van der Waals surface area contributed by atoms with E-state index in [-0.39, 0.29) is 5.78 Å². The van der Waals surface area contributed by atoms with Crippen LogP contribution in [0.2, 0.25) is 0 Å². The summed E-state index contributed by atoms with van der Waals surface area (Å²) in [5.41, 5.74) is 4.91. The third-order valence-electron chi connectivity index (χ3n) is 4.94. The Morgan fingerprint density at radius 1 is 1.05 bits per heavy atom. The van der Waals surface area contributed by atoms with E-state index in [1.165, 1.54) is 30.4 Å². The molecule has 2 heteroatoms. The first-order valence-electron chi connectivity index (χ1n) is 8.12. The Labute approximate surface area is 129 Å². The van der Waals surface area contributed by atoms with Gasteiger partial charge in [0.1, 0.15) is 0 Å². The highest BCUT2D eigenvalue weighted by atomic mass is 16.1. The molecule has 0 saturated carbocycles. The highest BCUT2D eigenvalue weighted by Gasteiger charge is 2.24. The summed E-state index contributed by atoms with van der Waals surface area (Å²) in [6, 6.07) is 4.20. The summed E-state index contributed by atoms with van der Waals surface area (Å²) >= 11 is 0. The van der Waals surface area contributed by atoms with Gasteiger partial charge in [0, 0.05) is 5.56 Å². The summed E-state index contributed by atoms with van der Waals surface area (Å²) in [6.07, 6.45) is 3.65. The number of hydrogen-bond donors (Lipinski definition) is 0. The number of benzene rings is 1. The predicted octanol–water partition coefficient (Wildman–Crippen LogP) is 4.31. The molecule has 1 aromatic carbocycles. The van der Waals surface area contributed by atoms with E-state index < -0.39 is 0 Å². The van der Waals surface area contributed by atoms with Crippen molar-refractivity contribution in [1.29, 1.82) is 0 Å². The van der Waals surface area contributed by atoms with Crippen molar-refractivity contribution in [2.75, 3.05) is 19.6 Å². The van der Waals surface area contributed by atoms with Gasteiger partial charge in [-0.15, -0.1) is 0 Å². The van der Waals surface area contributed by atoms with Crippen molar-refractivity contribution >= 4 is 5.78 Å². The van der Waals surface area contributed by atoms with Gasteiger partial charge < -0.3 is 0 Å². The van der Waals surface area contributed by atoms with E-state index in [2.05, 4.69) is 44.7 Å². The quantitative estimate of drug-likeness (QED) is 0.772. The van der Waals surface area contributed by atoms with Crippen LogP contribution in [0.25, 0.3) is 0 Å². The van der Waals surface area contributed by atoms with E-state index in [1.54, 1.807) is 0 Å². The lowest BCUT2D eigenvalue weighted by Gasteiger charge is -2.23. The summed E-state index contributed by atoms with van der Waals surface area (Å²) in [5, 5.41) is 0. The lowest BCUT2D eigenvalue weighted by molar-refractivity contribution is 0.0930. The molecule has 0 radical (unpaired) electrons. The summed E-state index contributed by atoms with van der Waals surface area (Å²) in [6.45, 7) is 13.6. The fraction of sp³-hybridized carbons (Fsp3) is 0.632. The van der Waals surface area contributed by atoms with Gasteiger partial charge in [0.2, 0.25) is 0 Å². The molecule has 1 aliphatic rings. The maximum atomic E-state index is 12.6. The van der Waals surface area contributed by atoms with Crippen LogP contribution in [0.1, 0.15) is 60.2 Å². The highest BCUT2D eigenvalue weighted by molar-refractivity contribution is 5.99. The summed E-state index contributed by atoms with van der Waals surface area (Å²) < 4.78 is 0. The van der Waals surface area contributed by atoms with Gasteiger partial charge in [-0.3, -0.25) is 9.69 Å². The Morgan fingerprint density at radius 2 is 1.71 bits per heavy atom. The Kier molecular flexibility index (Phi) is 4.88. The van der Waals surface area contributed by atoms with Gasteiger partial charge in [-0.05, 0) is 81.3 Å². The second-order valence-corrected chi connectivity index (χ2v) is 7.47. The first-order chi connectivity index (χ1) is 9.78. The molecule has 0 spiro atoms. The average molecular weight is 287 g/mol. The number of carbonyl (C=O) groups is 1. The molecule has 0 bridgehead atoms. The van der Waals surface area contributed by atoms with Gasteiger partial charge in [-0.1, -0.05) is 19.9 Å². The number of nitrogens with zero attached hydrogens (tertiary/aromatic N) is 1. The molecule has 21 heavy (non-hydrogen) atoms. The zero-order chi connectivity index (χ0) is 15.6. The molecule has 1 fully saturated rings. The molecule has 0 unspecified atom stereocenters. The lowest BCUT2D eigenvalue weighted by atomic mass is 9.85. The fourth-order valence-corrected chi connectivity index (χ4v) is 3.19. The third kappa shape index (κ3) is 4.16. The number of likely N-dealkylation sites (tertiary alicyclic amines) is 1. The van der Waals surface area contributed by atoms with Gasteiger partial charge >= 0.3 is 0 Å². The summed E-state index contributed by atoms with van der Waals surface area (Å²) in [7, 11) is 0. The number of ketones is 1. The molecule has 2 nitrogen and oxygen atoms in total. The van der Waals surface area contributed by atoms with Crippen LogP contribution in [0.4, 0.5) is 0 Å². The minimum absolute atomic E-state index is 0.273. The standard InChI is InChI=1S/C19H29NO/c1-14-11-16(3)17(12-15(14)2)18(21)13-20-9-6-7-19(4,5)8-10-20/h11-12H,6-10,13H2,1-5H3. The van der Waals surface area contributed by atoms with Crippen LogP contribution in [0, 0.1) is 26.2 Å². The smallest absolute Gasteiger partial charge is 0.177 e. The summed E-state index contributed by atoms with van der Waals surface area (Å²) in [4.78, 5) is 15.0. The SMILES string of the molecule is Cc1cc(C)c(C(=O)CN2CCCC(C)(C)CC2)cc1C. The van der Waals surface area contributed by atoms with Crippen molar-refractivity contribution in [1.82, 2.24) is 4.90 Å². The van der Waals surface area contributed by atoms with Gasteiger partial charge in [-0.2, -0.15) is 0 Å². The van der Waals surface area contributed by atoms with Crippen LogP contribution in [-0.4, -0.2) is 30.3 Å². The van der Waals surface area contributed by atoms with Crippen molar-refractivity contribution in [3.05, 3.63) is 34.4 Å². The van der Waals surface area contributed by atoms with Crippen LogP contribution in [-0.2, 0) is 0 Å². The van der Waals surface area contributed by atoms with E-state index in [1.807, 2.05) is 6.92 Å². The van der Waals surface area contributed by atoms with E-state index >= 15 is 0 Å². The van der Waals surface area contributed by atoms with E-state index in [9.17, 15) is 4.79 Å². The normalized spacial score (nSPS) is 19.3. The molecule has 1 aliphatic heterocycles. The number of rotatable bonds is 3. The first kappa shape index (κ1) is 16.2. The van der Waals surface area contributed by atoms with E-state index in [0.29, 0.717) is 12.0 Å². The van der Waals surface area contributed by atoms with Crippen molar-refractivity contribution in [2.45, 2.75) is 53.9 Å². The Morgan fingerprint density at radius 3 is 2.43 bits per heavy atom. The molecule has 0 amide bonds. The summed E-state index contributed by atoms with van der Waals surface area (Å²) in [5.74, 6) is 0.273. The zero-order valence-electron chi connectivity index (χ0n) is 14.3. The van der Waals surface area contributed by atoms with Gasteiger partial charge in [0.15, 0.2) is 5.78 Å². The van der Waals surface area contributed by atoms with Crippen LogP contribution in [0.3, 0.4) is 0 Å². The minimum atomic E-state index is 0.273. The molecule has 0 aromatic heterocycles. The molecule has 0 N–H and O–H groups in total. The maximum Gasteiger partial charge on any atom is 0.177 e. The van der Waals surface area contributed by atoms with Gasteiger partial charge in [-0.25, -0.2) is 0 Å². The minimum Gasteiger partial charge on any atom is -0.296 e. The van der Waals surface area contributed by atoms with Crippen molar-refractivity contribution < 1.29 is 4.79 Å². The van der Waals surface area contributed by atoms with Crippen molar-refractivity contribution in [3.8, 4) is 0 Å². The molecular formula is C19H29NO. The Balaban J connectivity index is 2.06. The second-order valence-electron chi connectivity index (χ2n) is 7.47. The Bertz CT molecular complexity index is 531. The number of Topliss-reactive ketones (excluding diaryl/α,β-unsaturated/α-hetero) is 1. The molecule has 1 heterocycles. The largest absolute Gasteiger partial charge is 0.296 e. The van der Waals surface area contributed by atoms with Crippen molar-refractivity contribution in [2.24, 2.45) is 5.41 Å². The molecule has 2 rings (SSSR count). The predicted molar refractivity (Wildman–Crippen MR) is 89.1 cm³/mol. The molecular weight excluding hydrogens is 258 g/mol. The van der Waals surface area contributed by atoms with Crippen LogP contribution < -0.4 is 0 Å². The fourth-order valence-electron chi connectivity index (χ4n) is 3.19. The maximum absolute atomic E-state index is 12.6. The average Bonchev–Trinajstić information content (AvgIpc) is 2.55. The number of carbonyl (C=O) groups excluding carboxylic acids is 1. The van der Waals surface area contributed by atoms with Crippen LogP contribution >= 0.6 is 0 Å².